The number of amides is 1. The lowest BCUT2D eigenvalue weighted by Gasteiger charge is -2.03. The van der Waals surface area contributed by atoms with E-state index in [0.29, 0.717) is 17.0 Å². The van der Waals surface area contributed by atoms with Gasteiger partial charge in [-0.1, -0.05) is 13.8 Å². The third-order valence-electron chi connectivity index (χ3n) is 2.27. The van der Waals surface area contributed by atoms with E-state index < -0.39 is 5.97 Å². The average molecular weight is 255 g/mol. The maximum atomic E-state index is 11.5. The van der Waals surface area contributed by atoms with Crippen LogP contribution in [0.25, 0.3) is 0 Å². The molecule has 0 aliphatic carbocycles. The monoisotopic (exact) mass is 255 g/mol. The van der Waals surface area contributed by atoms with Gasteiger partial charge in [0.2, 0.25) is 5.91 Å². The first-order valence-corrected chi connectivity index (χ1v) is 6.44. The summed E-state index contributed by atoms with van der Waals surface area (Å²) in [6.45, 7) is 3.94. The van der Waals surface area contributed by atoms with E-state index in [9.17, 15) is 9.59 Å². The summed E-state index contributed by atoms with van der Waals surface area (Å²) in [4.78, 5) is 24.1. The Hall–Kier alpha value is -1.36. The lowest BCUT2D eigenvalue weighted by molar-refractivity contribution is -0.116. The summed E-state index contributed by atoms with van der Waals surface area (Å²) in [6.07, 6.45) is 2.07. The molecule has 1 aromatic rings. The number of carbonyl (C=O) groups excluding carboxylic acids is 2. The van der Waals surface area contributed by atoms with Crippen LogP contribution < -0.4 is 5.32 Å². The normalized spacial score (nSPS) is 10.1. The molecular weight excluding hydrogens is 238 g/mol. The molecule has 0 saturated heterocycles. The average Bonchev–Trinajstić information content (AvgIpc) is 2.71. The van der Waals surface area contributed by atoms with Crippen LogP contribution in [0.4, 0.5) is 5.00 Å². The highest BCUT2D eigenvalue weighted by Gasteiger charge is 2.17. The third-order valence-corrected chi connectivity index (χ3v) is 3.46. The first-order chi connectivity index (χ1) is 8.12. The number of nitrogens with one attached hydrogen (secondary N) is 1. The molecule has 17 heavy (non-hydrogen) atoms. The zero-order valence-electron chi connectivity index (χ0n) is 10.3. The quantitative estimate of drug-likeness (QED) is 0.823. The van der Waals surface area contributed by atoms with Crippen molar-refractivity contribution >= 4 is 28.2 Å². The number of aryl methyl sites for hydroxylation is 1. The van der Waals surface area contributed by atoms with Crippen LogP contribution in [-0.2, 0) is 16.0 Å². The Morgan fingerprint density at radius 1 is 1.41 bits per heavy atom. The zero-order chi connectivity index (χ0) is 12.8. The van der Waals surface area contributed by atoms with Gasteiger partial charge in [0.1, 0.15) is 5.00 Å². The van der Waals surface area contributed by atoms with Crippen LogP contribution in [0.5, 0.6) is 0 Å². The Balaban J connectivity index is 2.92. The van der Waals surface area contributed by atoms with Crippen LogP contribution in [-0.4, -0.2) is 19.0 Å². The number of esters is 1. The van der Waals surface area contributed by atoms with Crippen LogP contribution >= 0.6 is 11.3 Å². The number of hydrogen-bond acceptors (Lipinski definition) is 4. The minimum Gasteiger partial charge on any atom is -0.465 e. The van der Waals surface area contributed by atoms with Crippen molar-refractivity contribution in [2.45, 2.75) is 33.1 Å². The number of hydrogen-bond donors (Lipinski definition) is 1. The van der Waals surface area contributed by atoms with Crippen LogP contribution in [0.1, 0.15) is 41.9 Å². The maximum absolute atomic E-state index is 11.5. The van der Waals surface area contributed by atoms with Gasteiger partial charge in [0, 0.05) is 11.3 Å². The molecular formula is C12H17NO3S. The molecule has 0 bridgehead atoms. The third kappa shape index (κ3) is 3.56. The van der Waals surface area contributed by atoms with Crippen LogP contribution in [0.3, 0.4) is 0 Å². The molecule has 0 saturated carbocycles. The molecule has 1 aromatic heterocycles. The Bertz CT molecular complexity index is 412. The van der Waals surface area contributed by atoms with E-state index in [1.54, 1.807) is 6.07 Å². The highest BCUT2D eigenvalue weighted by atomic mass is 32.1. The zero-order valence-corrected chi connectivity index (χ0v) is 11.1. The van der Waals surface area contributed by atoms with Crippen molar-refractivity contribution < 1.29 is 14.3 Å². The highest BCUT2D eigenvalue weighted by molar-refractivity contribution is 7.16. The summed E-state index contributed by atoms with van der Waals surface area (Å²) in [7, 11) is 1.34. The Morgan fingerprint density at radius 3 is 2.65 bits per heavy atom. The van der Waals surface area contributed by atoms with Gasteiger partial charge >= 0.3 is 5.97 Å². The fourth-order valence-electron chi connectivity index (χ4n) is 1.39. The number of anilines is 1. The second-order valence-electron chi connectivity index (χ2n) is 3.60. The molecule has 1 heterocycles. The van der Waals surface area contributed by atoms with E-state index in [0.717, 1.165) is 17.7 Å². The molecule has 4 nitrogen and oxygen atoms in total. The van der Waals surface area contributed by atoms with Crippen LogP contribution in [0.15, 0.2) is 6.07 Å². The summed E-state index contributed by atoms with van der Waals surface area (Å²) in [5.41, 5.74) is 0.443. The van der Waals surface area contributed by atoms with Crippen molar-refractivity contribution in [3.8, 4) is 0 Å². The van der Waals surface area contributed by atoms with E-state index >= 15 is 0 Å². The summed E-state index contributed by atoms with van der Waals surface area (Å²) in [5.74, 6) is -0.477. The van der Waals surface area contributed by atoms with Crippen molar-refractivity contribution in [2.75, 3.05) is 12.4 Å². The summed E-state index contributed by atoms with van der Waals surface area (Å²) >= 11 is 1.42. The fraction of sp³-hybridized carbons (Fsp3) is 0.500. The van der Waals surface area contributed by atoms with Crippen molar-refractivity contribution in [2.24, 2.45) is 0 Å². The van der Waals surface area contributed by atoms with Crippen molar-refractivity contribution in [1.82, 2.24) is 0 Å². The number of carbonyl (C=O) groups is 2. The molecule has 0 aromatic carbocycles. The largest absolute Gasteiger partial charge is 0.465 e. The summed E-state index contributed by atoms with van der Waals surface area (Å²) in [6, 6.07) is 1.78. The number of thiophene rings is 1. The fourth-order valence-corrected chi connectivity index (χ4v) is 2.39. The molecule has 5 heteroatoms. The van der Waals surface area contributed by atoms with E-state index in [2.05, 4.69) is 5.32 Å². The molecule has 1 amide bonds. The predicted molar refractivity (Wildman–Crippen MR) is 68.6 cm³/mol. The van der Waals surface area contributed by atoms with Gasteiger partial charge in [-0.05, 0) is 18.9 Å². The van der Waals surface area contributed by atoms with Gasteiger partial charge in [-0.2, -0.15) is 0 Å². The molecule has 0 aliphatic rings. The predicted octanol–water partition coefficient (Wildman–Crippen LogP) is 2.84. The van der Waals surface area contributed by atoms with Crippen LogP contribution in [0, 0.1) is 0 Å². The molecule has 94 valence electrons. The minimum absolute atomic E-state index is 0.0674. The number of rotatable bonds is 5. The van der Waals surface area contributed by atoms with E-state index in [4.69, 9.17) is 4.74 Å². The summed E-state index contributed by atoms with van der Waals surface area (Å²) in [5, 5.41) is 3.35. The van der Waals surface area contributed by atoms with E-state index in [1.165, 1.54) is 18.4 Å². The van der Waals surface area contributed by atoms with E-state index in [-0.39, 0.29) is 5.91 Å². The molecule has 1 rings (SSSR count). The van der Waals surface area contributed by atoms with Gasteiger partial charge in [0.05, 0.1) is 12.7 Å². The molecule has 1 N–H and O–H groups in total. The molecule has 0 fully saturated rings. The topological polar surface area (TPSA) is 55.4 Å². The van der Waals surface area contributed by atoms with Crippen molar-refractivity contribution in [3.05, 3.63) is 16.5 Å². The van der Waals surface area contributed by atoms with Gasteiger partial charge < -0.3 is 10.1 Å². The first-order valence-electron chi connectivity index (χ1n) is 5.63. The molecule has 0 atom stereocenters. The second-order valence-corrected chi connectivity index (χ2v) is 4.74. The van der Waals surface area contributed by atoms with Gasteiger partial charge in [0.25, 0.3) is 0 Å². The maximum Gasteiger partial charge on any atom is 0.340 e. The summed E-state index contributed by atoms with van der Waals surface area (Å²) < 4.78 is 4.69. The molecule has 0 unspecified atom stereocenters. The number of ether oxygens (including phenoxy) is 1. The number of methoxy groups -OCH3 is 1. The van der Waals surface area contributed by atoms with Gasteiger partial charge in [-0.25, -0.2) is 4.79 Å². The van der Waals surface area contributed by atoms with Gasteiger partial charge in [0.15, 0.2) is 0 Å². The molecule has 0 radical (unpaired) electrons. The van der Waals surface area contributed by atoms with Gasteiger partial charge in [-0.15, -0.1) is 11.3 Å². The molecule has 0 spiro atoms. The minimum atomic E-state index is -0.409. The standard InChI is InChI=1S/C12H17NO3S/c1-4-6-10(14)13-11-9(12(15)16-3)7-8(5-2)17-11/h7H,4-6H2,1-3H3,(H,13,14). The lowest BCUT2D eigenvalue weighted by atomic mass is 10.2. The highest BCUT2D eigenvalue weighted by Crippen LogP contribution is 2.29. The Labute approximate surface area is 105 Å². The van der Waals surface area contributed by atoms with E-state index in [1.807, 2.05) is 13.8 Å². The Kier molecular flexibility index (Phi) is 5.15. The second kappa shape index (κ2) is 6.39. The lowest BCUT2D eigenvalue weighted by Crippen LogP contribution is -2.12. The van der Waals surface area contributed by atoms with Crippen molar-refractivity contribution in [1.29, 1.82) is 0 Å². The Morgan fingerprint density at radius 2 is 2.12 bits per heavy atom. The van der Waals surface area contributed by atoms with Gasteiger partial charge in [-0.3, -0.25) is 4.79 Å². The first kappa shape index (κ1) is 13.7. The van der Waals surface area contributed by atoms with Crippen molar-refractivity contribution in [3.63, 3.8) is 0 Å². The SMILES string of the molecule is CCCC(=O)Nc1sc(CC)cc1C(=O)OC. The molecule has 0 aliphatic heterocycles. The smallest absolute Gasteiger partial charge is 0.340 e. The van der Waals surface area contributed by atoms with Crippen LogP contribution in [0.2, 0.25) is 0 Å².